The first-order valence-electron chi connectivity index (χ1n) is 8.46. The van der Waals surface area contributed by atoms with Crippen LogP contribution in [0.3, 0.4) is 0 Å². The number of thiophene rings is 1. The van der Waals surface area contributed by atoms with E-state index in [1.807, 2.05) is 46.2 Å². The van der Waals surface area contributed by atoms with Gasteiger partial charge in [-0.2, -0.15) is 5.10 Å². The molecular formula is C21H16IN3O3S. The van der Waals surface area contributed by atoms with Gasteiger partial charge >= 0.3 is 0 Å². The second-order valence-corrected chi connectivity index (χ2v) is 7.95. The molecule has 0 saturated heterocycles. The van der Waals surface area contributed by atoms with Gasteiger partial charge in [-0.25, -0.2) is 5.43 Å². The summed E-state index contributed by atoms with van der Waals surface area (Å²) in [4.78, 5) is 25.9. The third kappa shape index (κ3) is 6.00. The Bertz CT molecular complexity index is 1060. The Kier molecular flexibility index (Phi) is 7.14. The highest BCUT2D eigenvalue weighted by molar-refractivity contribution is 14.1. The Balaban J connectivity index is 1.74. The number of carbonyl (C=O) groups is 2. The van der Waals surface area contributed by atoms with E-state index in [1.54, 1.807) is 48.5 Å². The highest BCUT2D eigenvalue weighted by atomic mass is 127. The largest absolute Gasteiger partial charge is 0.507 e. The topological polar surface area (TPSA) is 90.8 Å². The minimum absolute atomic E-state index is 0.0822. The number of aromatic hydroxyl groups is 1. The van der Waals surface area contributed by atoms with Crippen molar-refractivity contribution in [2.45, 2.75) is 0 Å². The molecule has 0 atom stereocenters. The van der Waals surface area contributed by atoms with Gasteiger partial charge in [-0.15, -0.1) is 11.3 Å². The molecule has 3 rings (SSSR count). The van der Waals surface area contributed by atoms with Crippen LogP contribution in [0.2, 0.25) is 0 Å². The zero-order valence-corrected chi connectivity index (χ0v) is 18.0. The Morgan fingerprint density at radius 2 is 1.86 bits per heavy atom. The van der Waals surface area contributed by atoms with Crippen molar-refractivity contribution in [3.63, 3.8) is 0 Å². The maximum Gasteiger partial charge on any atom is 0.287 e. The molecule has 146 valence electrons. The number of phenolic OH excluding ortho intramolecular Hbond substituents is 1. The van der Waals surface area contributed by atoms with Crippen molar-refractivity contribution in [3.8, 4) is 5.75 Å². The summed E-state index contributed by atoms with van der Waals surface area (Å²) in [5.41, 5.74) is 3.66. The van der Waals surface area contributed by atoms with Gasteiger partial charge < -0.3 is 10.4 Å². The van der Waals surface area contributed by atoms with Gasteiger partial charge in [0.15, 0.2) is 0 Å². The van der Waals surface area contributed by atoms with E-state index >= 15 is 0 Å². The van der Waals surface area contributed by atoms with Gasteiger partial charge in [-0.1, -0.05) is 24.3 Å². The fourth-order valence-electron chi connectivity index (χ4n) is 2.29. The number of nitrogens with zero attached hydrogens (tertiary/aromatic N) is 1. The summed E-state index contributed by atoms with van der Waals surface area (Å²) in [5.74, 6) is -0.760. The van der Waals surface area contributed by atoms with E-state index in [0.29, 0.717) is 14.7 Å². The lowest BCUT2D eigenvalue weighted by Gasteiger charge is -2.08. The van der Waals surface area contributed by atoms with Crippen LogP contribution in [-0.2, 0) is 4.79 Å². The standard InChI is InChI=1S/C21H16IN3O3S/c22-17-11-14(8-9-19(17)26)13-23-25-21(28)18(12-16-7-4-10-29-16)24-20(27)15-5-2-1-3-6-15/h1-13,26H,(H,24,27)(H,25,28)/b18-12+,23-13?. The minimum atomic E-state index is -0.549. The Morgan fingerprint density at radius 1 is 1.07 bits per heavy atom. The van der Waals surface area contributed by atoms with Crippen LogP contribution >= 0.6 is 33.9 Å². The maximum absolute atomic E-state index is 12.6. The van der Waals surface area contributed by atoms with Crippen LogP contribution in [0.15, 0.2) is 76.8 Å². The number of rotatable bonds is 6. The molecular weight excluding hydrogens is 501 g/mol. The molecule has 0 saturated carbocycles. The van der Waals surface area contributed by atoms with Crippen molar-refractivity contribution in [1.82, 2.24) is 10.7 Å². The molecule has 0 radical (unpaired) electrons. The van der Waals surface area contributed by atoms with Crippen LogP contribution in [0.25, 0.3) is 6.08 Å². The van der Waals surface area contributed by atoms with E-state index in [9.17, 15) is 14.7 Å². The molecule has 0 aliphatic carbocycles. The lowest BCUT2D eigenvalue weighted by Crippen LogP contribution is -2.32. The lowest BCUT2D eigenvalue weighted by molar-refractivity contribution is -0.117. The number of hydrazone groups is 1. The molecule has 29 heavy (non-hydrogen) atoms. The van der Waals surface area contributed by atoms with E-state index in [1.165, 1.54) is 17.6 Å². The lowest BCUT2D eigenvalue weighted by atomic mass is 10.2. The van der Waals surface area contributed by atoms with Crippen LogP contribution in [-0.4, -0.2) is 23.1 Å². The van der Waals surface area contributed by atoms with Gasteiger partial charge in [0, 0.05) is 10.4 Å². The van der Waals surface area contributed by atoms with Crippen LogP contribution in [0.4, 0.5) is 0 Å². The second-order valence-electron chi connectivity index (χ2n) is 5.80. The van der Waals surface area contributed by atoms with Crippen molar-refractivity contribution in [2.75, 3.05) is 0 Å². The van der Waals surface area contributed by atoms with Gasteiger partial charge in [0.05, 0.1) is 9.78 Å². The van der Waals surface area contributed by atoms with Gasteiger partial charge in [-0.3, -0.25) is 9.59 Å². The summed E-state index contributed by atoms with van der Waals surface area (Å²) in [6.45, 7) is 0. The normalized spacial score (nSPS) is 11.4. The van der Waals surface area contributed by atoms with Gasteiger partial charge in [0.1, 0.15) is 11.4 Å². The van der Waals surface area contributed by atoms with Crippen molar-refractivity contribution in [1.29, 1.82) is 0 Å². The van der Waals surface area contributed by atoms with Crippen molar-refractivity contribution < 1.29 is 14.7 Å². The van der Waals surface area contributed by atoms with E-state index in [4.69, 9.17) is 0 Å². The Morgan fingerprint density at radius 3 is 2.55 bits per heavy atom. The van der Waals surface area contributed by atoms with Gasteiger partial charge in [0.25, 0.3) is 11.8 Å². The number of benzene rings is 2. The number of phenols is 1. The fraction of sp³-hybridized carbons (Fsp3) is 0. The quantitative estimate of drug-likeness (QED) is 0.200. The smallest absolute Gasteiger partial charge is 0.287 e. The summed E-state index contributed by atoms with van der Waals surface area (Å²) in [6, 6.07) is 17.3. The Labute approximate surface area is 185 Å². The molecule has 0 unspecified atom stereocenters. The maximum atomic E-state index is 12.6. The van der Waals surface area contributed by atoms with Crippen LogP contribution in [0.1, 0.15) is 20.8 Å². The number of amides is 2. The predicted octanol–water partition coefficient (Wildman–Crippen LogP) is 3.98. The summed E-state index contributed by atoms with van der Waals surface area (Å²) in [6.07, 6.45) is 3.06. The molecule has 3 aromatic rings. The summed E-state index contributed by atoms with van der Waals surface area (Å²) in [7, 11) is 0. The number of hydrogen-bond donors (Lipinski definition) is 3. The molecule has 3 N–H and O–H groups in total. The third-order valence-corrected chi connectivity index (χ3v) is 5.39. The average Bonchev–Trinajstić information content (AvgIpc) is 3.24. The highest BCUT2D eigenvalue weighted by Crippen LogP contribution is 2.19. The summed E-state index contributed by atoms with van der Waals surface area (Å²) in [5, 5.41) is 18.0. The number of hydrogen-bond acceptors (Lipinski definition) is 5. The molecule has 0 fully saturated rings. The van der Waals surface area contributed by atoms with Crippen molar-refractivity contribution in [3.05, 3.63) is 91.3 Å². The highest BCUT2D eigenvalue weighted by Gasteiger charge is 2.14. The van der Waals surface area contributed by atoms with E-state index < -0.39 is 5.91 Å². The van der Waals surface area contributed by atoms with Crippen molar-refractivity contribution in [2.24, 2.45) is 5.10 Å². The van der Waals surface area contributed by atoms with Crippen LogP contribution in [0, 0.1) is 3.57 Å². The third-order valence-electron chi connectivity index (χ3n) is 3.71. The first-order chi connectivity index (χ1) is 14.0. The number of halogens is 1. The summed E-state index contributed by atoms with van der Waals surface area (Å²) < 4.78 is 0.672. The molecule has 1 aromatic heterocycles. The first kappa shape index (κ1) is 20.7. The molecule has 2 amide bonds. The SMILES string of the molecule is O=C(NN=Cc1ccc(O)c(I)c1)/C(=C\c1cccs1)NC(=O)c1ccccc1. The average molecular weight is 517 g/mol. The Hall–Kier alpha value is -2.98. The molecule has 0 spiro atoms. The zero-order valence-electron chi connectivity index (χ0n) is 15.0. The van der Waals surface area contributed by atoms with Crippen molar-refractivity contribution >= 4 is 58.0 Å². The minimum Gasteiger partial charge on any atom is -0.507 e. The van der Waals surface area contributed by atoms with E-state index in [0.717, 1.165) is 4.88 Å². The molecule has 0 bridgehead atoms. The number of nitrogens with one attached hydrogen (secondary N) is 2. The number of carbonyl (C=O) groups excluding carboxylic acids is 2. The van der Waals surface area contributed by atoms with E-state index in [2.05, 4.69) is 15.8 Å². The first-order valence-corrected chi connectivity index (χ1v) is 10.4. The molecule has 1 heterocycles. The zero-order chi connectivity index (χ0) is 20.6. The molecule has 0 aliphatic heterocycles. The van der Waals surface area contributed by atoms with Crippen LogP contribution in [0.5, 0.6) is 5.75 Å². The monoisotopic (exact) mass is 517 g/mol. The molecule has 6 nitrogen and oxygen atoms in total. The molecule has 0 aliphatic rings. The summed E-state index contributed by atoms with van der Waals surface area (Å²) >= 11 is 3.45. The predicted molar refractivity (Wildman–Crippen MR) is 123 cm³/mol. The van der Waals surface area contributed by atoms with E-state index in [-0.39, 0.29) is 17.4 Å². The van der Waals surface area contributed by atoms with Gasteiger partial charge in [0.2, 0.25) is 0 Å². The van der Waals surface area contributed by atoms with Gasteiger partial charge in [-0.05, 0) is 76.0 Å². The molecule has 2 aromatic carbocycles. The molecule has 8 heteroatoms. The fourth-order valence-corrected chi connectivity index (χ4v) is 3.48. The van der Waals surface area contributed by atoms with Crippen LogP contribution < -0.4 is 10.7 Å². The second kappa shape index (κ2) is 9.99.